The van der Waals surface area contributed by atoms with Gasteiger partial charge in [-0.2, -0.15) is 9.67 Å². The summed E-state index contributed by atoms with van der Waals surface area (Å²) in [6, 6.07) is 12.8. The average Bonchev–Trinajstić information content (AvgIpc) is 3.32. The minimum Gasteiger partial charge on any atom is -0.858 e. The molecule has 1 aliphatic heterocycles. The molecule has 180 valence electrons. The Hall–Kier alpha value is -3.74. The number of nitrogens with zero attached hydrogens (tertiary/aromatic N) is 4. The van der Waals surface area contributed by atoms with Crippen molar-refractivity contribution >= 4 is 23.1 Å². The smallest absolute Gasteiger partial charge is 0.327 e. The second-order valence-corrected chi connectivity index (χ2v) is 9.41. The van der Waals surface area contributed by atoms with Crippen LogP contribution in [-0.2, 0) is 16.0 Å². The summed E-state index contributed by atoms with van der Waals surface area (Å²) in [5, 5.41) is 18.4. The topological polar surface area (TPSA) is 82.1 Å². The SMILES string of the molecule is CCCc1nn(-c2ccccc2)c([O-])c1C1=C([n+]2cccc(C)c2)C(=O)N(C2CCCCC2)C1=O. The van der Waals surface area contributed by atoms with Crippen LogP contribution in [0.15, 0.2) is 54.9 Å². The Labute approximate surface area is 205 Å². The Bertz CT molecular complexity index is 1300. The van der Waals surface area contributed by atoms with E-state index in [9.17, 15) is 14.7 Å². The number of amides is 2. The van der Waals surface area contributed by atoms with Crippen LogP contribution in [0, 0.1) is 6.92 Å². The maximum atomic E-state index is 14.0. The first-order chi connectivity index (χ1) is 17.0. The number of para-hydroxylation sites is 1. The van der Waals surface area contributed by atoms with Gasteiger partial charge >= 0.3 is 5.91 Å². The number of carbonyl (C=O) groups is 2. The highest BCUT2D eigenvalue weighted by atomic mass is 16.3. The monoisotopic (exact) mass is 470 g/mol. The molecule has 0 spiro atoms. The van der Waals surface area contributed by atoms with Crippen molar-refractivity contribution in [3.05, 3.63) is 71.7 Å². The summed E-state index contributed by atoms with van der Waals surface area (Å²) in [7, 11) is 0. The molecule has 1 saturated carbocycles. The minimum absolute atomic E-state index is 0.143. The highest BCUT2D eigenvalue weighted by molar-refractivity contribution is 6.45. The third kappa shape index (κ3) is 4.05. The van der Waals surface area contributed by atoms with Crippen molar-refractivity contribution in [1.82, 2.24) is 14.7 Å². The van der Waals surface area contributed by atoms with E-state index in [0.29, 0.717) is 17.8 Å². The first kappa shape index (κ1) is 23.0. The van der Waals surface area contributed by atoms with E-state index in [0.717, 1.165) is 44.1 Å². The fourth-order valence-corrected chi connectivity index (χ4v) is 5.26. The molecule has 2 aromatic heterocycles. The summed E-state index contributed by atoms with van der Waals surface area (Å²) in [4.78, 5) is 29.3. The van der Waals surface area contributed by atoms with E-state index in [-0.39, 0.29) is 40.6 Å². The molecule has 5 rings (SSSR count). The Morgan fingerprint density at radius 3 is 2.46 bits per heavy atom. The predicted octanol–water partition coefficient (Wildman–Crippen LogP) is 3.56. The first-order valence-corrected chi connectivity index (χ1v) is 12.5. The van der Waals surface area contributed by atoms with E-state index in [4.69, 9.17) is 0 Å². The molecular weight excluding hydrogens is 440 g/mol. The van der Waals surface area contributed by atoms with Crippen LogP contribution in [0.4, 0.5) is 0 Å². The van der Waals surface area contributed by atoms with Crippen LogP contribution >= 0.6 is 0 Å². The summed E-state index contributed by atoms with van der Waals surface area (Å²) >= 11 is 0. The molecule has 0 unspecified atom stereocenters. The molecule has 3 aromatic rings. The van der Waals surface area contributed by atoms with Crippen LogP contribution in [0.2, 0.25) is 0 Å². The highest BCUT2D eigenvalue weighted by Gasteiger charge is 2.49. The number of aromatic nitrogens is 3. The van der Waals surface area contributed by atoms with Gasteiger partial charge in [-0.25, -0.2) is 4.68 Å². The average molecular weight is 471 g/mol. The third-order valence-electron chi connectivity index (χ3n) is 6.89. The molecule has 1 aliphatic carbocycles. The fraction of sp³-hybridized carbons (Fsp3) is 0.357. The Kier molecular flexibility index (Phi) is 6.24. The number of hydrogen-bond donors (Lipinski definition) is 0. The van der Waals surface area contributed by atoms with Gasteiger partial charge in [0.05, 0.1) is 11.4 Å². The molecule has 0 saturated heterocycles. The molecule has 7 nitrogen and oxygen atoms in total. The minimum atomic E-state index is -0.382. The molecule has 0 atom stereocenters. The van der Waals surface area contributed by atoms with E-state index >= 15 is 0 Å². The number of imide groups is 1. The molecule has 2 amide bonds. The van der Waals surface area contributed by atoms with E-state index < -0.39 is 0 Å². The summed E-state index contributed by atoms with van der Waals surface area (Å²) in [6.07, 6.45) is 9.57. The Balaban J connectivity index is 1.74. The van der Waals surface area contributed by atoms with Crippen molar-refractivity contribution in [2.24, 2.45) is 0 Å². The van der Waals surface area contributed by atoms with E-state index in [2.05, 4.69) is 5.10 Å². The van der Waals surface area contributed by atoms with E-state index in [1.54, 1.807) is 10.8 Å². The van der Waals surface area contributed by atoms with Crippen LogP contribution in [0.5, 0.6) is 5.88 Å². The summed E-state index contributed by atoms with van der Waals surface area (Å²) in [6.45, 7) is 3.95. The van der Waals surface area contributed by atoms with E-state index in [1.165, 1.54) is 9.58 Å². The molecule has 2 aliphatic rings. The second kappa shape index (κ2) is 9.49. The zero-order chi connectivity index (χ0) is 24.5. The van der Waals surface area contributed by atoms with Crippen LogP contribution in [0.25, 0.3) is 17.0 Å². The van der Waals surface area contributed by atoms with Crippen LogP contribution in [0.3, 0.4) is 0 Å². The molecule has 0 bridgehead atoms. The summed E-state index contributed by atoms with van der Waals surface area (Å²) < 4.78 is 3.05. The van der Waals surface area contributed by atoms with Gasteiger partial charge in [-0.1, -0.05) is 50.8 Å². The fourth-order valence-electron chi connectivity index (χ4n) is 5.26. The molecule has 3 heterocycles. The standard InChI is InChI=1S/C28H30N4O3/c1-3-11-22-23(27(34)32(29-22)21-15-8-5-9-16-21)24-25(30-17-10-12-19(2)18-30)28(35)31(26(24)33)20-13-6-4-7-14-20/h5,8-10,12,15-18,20H,3-4,6-7,11,13-14H2,1-2H3. The van der Waals surface area contributed by atoms with Gasteiger partial charge in [0.2, 0.25) is 0 Å². The number of hydrogen-bond acceptors (Lipinski definition) is 4. The molecule has 1 fully saturated rings. The van der Waals surface area contributed by atoms with E-state index in [1.807, 2.05) is 62.5 Å². The van der Waals surface area contributed by atoms with Crippen molar-refractivity contribution in [3.8, 4) is 11.6 Å². The lowest BCUT2D eigenvalue weighted by molar-refractivity contribution is -0.577. The second-order valence-electron chi connectivity index (χ2n) is 9.41. The molecular formula is C28H30N4O3. The van der Waals surface area contributed by atoms with Crippen molar-refractivity contribution < 1.29 is 19.3 Å². The lowest BCUT2D eigenvalue weighted by atomic mass is 9.94. The van der Waals surface area contributed by atoms with Gasteiger partial charge in [0.15, 0.2) is 12.4 Å². The van der Waals surface area contributed by atoms with Gasteiger partial charge in [-0.05, 0) is 50.3 Å². The maximum Gasteiger partial charge on any atom is 0.327 e. The van der Waals surface area contributed by atoms with Crippen molar-refractivity contribution in [2.45, 2.75) is 64.8 Å². The van der Waals surface area contributed by atoms with Crippen LogP contribution < -0.4 is 9.67 Å². The zero-order valence-corrected chi connectivity index (χ0v) is 20.2. The largest absolute Gasteiger partial charge is 0.858 e. The van der Waals surface area contributed by atoms with Gasteiger partial charge in [-0.3, -0.25) is 14.5 Å². The molecule has 35 heavy (non-hydrogen) atoms. The zero-order valence-electron chi connectivity index (χ0n) is 20.2. The number of rotatable bonds is 6. The summed E-state index contributed by atoms with van der Waals surface area (Å²) in [5.74, 6) is -1.08. The molecule has 0 N–H and O–H groups in total. The van der Waals surface area contributed by atoms with Crippen molar-refractivity contribution in [2.75, 3.05) is 0 Å². The third-order valence-corrected chi connectivity index (χ3v) is 6.89. The van der Waals surface area contributed by atoms with Crippen molar-refractivity contribution in [3.63, 3.8) is 0 Å². The molecule has 7 heteroatoms. The normalized spacial score (nSPS) is 17.0. The number of carbonyl (C=O) groups excluding carboxylic acids is 2. The highest BCUT2D eigenvalue weighted by Crippen LogP contribution is 2.39. The van der Waals surface area contributed by atoms with Crippen LogP contribution in [-0.4, -0.2) is 32.5 Å². The number of benzene rings is 1. The summed E-state index contributed by atoms with van der Waals surface area (Å²) in [5.41, 5.74) is 2.79. The maximum absolute atomic E-state index is 14.0. The molecule has 1 aromatic carbocycles. The Morgan fingerprint density at radius 2 is 1.77 bits per heavy atom. The van der Waals surface area contributed by atoms with Gasteiger partial charge in [0.25, 0.3) is 11.6 Å². The predicted molar refractivity (Wildman–Crippen MR) is 130 cm³/mol. The van der Waals surface area contributed by atoms with Gasteiger partial charge in [0.1, 0.15) is 5.57 Å². The Morgan fingerprint density at radius 1 is 1.03 bits per heavy atom. The quantitative estimate of drug-likeness (QED) is 0.407. The van der Waals surface area contributed by atoms with Gasteiger partial charge in [-0.15, -0.1) is 0 Å². The van der Waals surface area contributed by atoms with Gasteiger partial charge < -0.3 is 5.11 Å². The number of aryl methyl sites for hydroxylation is 2. The lowest BCUT2D eigenvalue weighted by Crippen LogP contribution is -2.45. The number of pyridine rings is 1. The molecule has 0 radical (unpaired) electrons. The van der Waals surface area contributed by atoms with Crippen LogP contribution in [0.1, 0.15) is 62.3 Å². The lowest BCUT2D eigenvalue weighted by Gasteiger charge is -2.29. The van der Waals surface area contributed by atoms with Gasteiger partial charge in [0, 0.05) is 23.2 Å². The first-order valence-electron chi connectivity index (χ1n) is 12.5. The van der Waals surface area contributed by atoms with Crippen molar-refractivity contribution in [1.29, 1.82) is 0 Å².